The monoisotopic (exact) mass is 436 g/mol. The molecule has 0 nitrogen and oxygen atoms in total. The molecule has 0 saturated heterocycles. The molecule has 6 unspecified atom stereocenters. The first-order valence-electron chi connectivity index (χ1n) is 14.0. The molecule has 0 bridgehead atoms. The highest BCUT2D eigenvalue weighted by Crippen LogP contribution is 2.75. The molecule has 0 aromatic carbocycles. The number of rotatable bonds is 0. The first kappa shape index (κ1) is 23.2. The third-order valence-electron chi connectivity index (χ3n) is 13.9. The predicted octanol–water partition coefficient (Wildman–Crippen LogP) is 9.75. The van der Waals surface area contributed by atoms with Gasteiger partial charge in [0.15, 0.2) is 0 Å². The lowest BCUT2D eigenvalue weighted by molar-refractivity contribution is -0.160. The van der Waals surface area contributed by atoms with Crippen molar-refractivity contribution >= 4 is 0 Å². The highest BCUT2D eigenvalue weighted by molar-refractivity contribution is 5.39. The molecular weight excluding hydrogens is 384 g/mol. The lowest BCUT2D eigenvalue weighted by Crippen LogP contribution is -2.62. The molecule has 0 amide bonds. The van der Waals surface area contributed by atoms with E-state index in [1.165, 1.54) is 57.8 Å². The fourth-order valence-electron chi connectivity index (χ4n) is 10.6. The largest absolute Gasteiger partial charge is 0.0845 e. The van der Waals surface area contributed by atoms with Gasteiger partial charge in [-0.05, 0) is 115 Å². The molecule has 0 radical (unpaired) electrons. The van der Waals surface area contributed by atoms with Gasteiger partial charge in [-0.3, -0.25) is 0 Å². The maximum absolute atomic E-state index is 2.76. The molecule has 32 heavy (non-hydrogen) atoms. The molecule has 180 valence electrons. The van der Waals surface area contributed by atoms with E-state index in [9.17, 15) is 0 Å². The topological polar surface area (TPSA) is 0 Å². The van der Waals surface area contributed by atoms with Crippen LogP contribution < -0.4 is 0 Å². The summed E-state index contributed by atoms with van der Waals surface area (Å²) in [7, 11) is 0. The number of fused-ring (bicyclic) bond motifs is 6. The van der Waals surface area contributed by atoms with Crippen LogP contribution in [0.15, 0.2) is 22.8 Å². The second-order valence-electron chi connectivity index (χ2n) is 15.4. The van der Waals surface area contributed by atoms with Gasteiger partial charge >= 0.3 is 0 Å². The lowest BCUT2D eigenvalue weighted by atomic mass is 9.34. The van der Waals surface area contributed by atoms with Gasteiger partial charge in [0.2, 0.25) is 0 Å². The third-order valence-corrected chi connectivity index (χ3v) is 13.9. The maximum Gasteiger partial charge on any atom is -0.00566 e. The Kier molecular flexibility index (Phi) is 4.77. The Hall–Kier alpha value is -0.520. The van der Waals surface area contributed by atoms with Crippen molar-refractivity contribution in [1.82, 2.24) is 0 Å². The molecule has 5 aliphatic rings. The smallest absolute Gasteiger partial charge is 0.00566 e. The van der Waals surface area contributed by atoms with Gasteiger partial charge < -0.3 is 0 Å². The Morgan fingerprint density at radius 1 is 0.750 bits per heavy atom. The minimum absolute atomic E-state index is 0.337. The summed E-state index contributed by atoms with van der Waals surface area (Å²) >= 11 is 0. The zero-order chi connectivity index (χ0) is 23.5. The molecule has 3 fully saturated rings. The van der Waals surface area contributed by atoms with Crippen molar-refractivity contribution in [3.8, 4) is 0 Å². The molecule has 0 aromatic heterocycles. The van der Waals surface area contributed by atoms with Crippen molar-refractivity contribution in [3.63, 3.8) is 0 Å². The average Bonchev–Trinajstić information content (AvgIpc) is 2.68. The SMILES string of the molecule is CC1=CCC2(C)C(CCC3(C)C2CCC2=C4C(CCC(C)(C)C4(C)C)CCC23C)C1(C)C. The fraction of sp³-hybridized carbons (Fsp3) is 0.875. The summed E-state index contributed by atoms with van der Waals surface area (Å²) in [5, 5.41) is 0. The molecule has 0 aliphatic heterocycles. The normalized spacial score (nSPS) is 48.7. The Balaban J connectivity index is 1.63. The van der Waals surface area contributed by atoms with Gasteiger partial charge in [-0.15, -0.1) is 0 Å². The Morgan fingerprint density at radius 3 is 2.09 bits per heavy atom. The van der Waals surface area contributed by atoms with Crippen molar-refractivity contribution in [2.75, 3.05) is 0 Å². The first-order valence-corrected chi connectivity index (χ1v) is 14.0. The quantitative estimate of drug-likeness (QED) is 0.331. The molecule has 0 heterocycles. The molecule has 0 N–H and O–H groups in total. The van der Waals surface area contributed by atoms with E-state index in [4.69, 9.17) is 0 Å². The molecular formula is C32H52. The van der Waals surface area contributed by atoms with Crippen LogP contribution in [0.1, 0.15) is 127 Å². The maximum atomic E-state index is 2.76. The van der Waals surface area contributed by atoms with Crippen molar-refractivity contribution in [3.05, 3.63) is 22.8 Å². The van der Waals surface area contributed by atoms with Gasteiger partial charge in [0.1, 0.15) is 0 Å². The summed E-state index contributed by atoms with van der Waals surface area (Å²) in [6.45, 7) is 26.1. The second kappa shape index (κ2) is 6.57. The Labute approximate surface area is 200 Å². The van der Waals surface area contributed by atoms with E-state index >= 15 is 0 Å². The zero-order valence-electron chi connectivity index (χ0n) is 23.2. The summed E-state index contributed by atoms with van der Waals surface area (Å²) in [6, 6.07) is 0. The summed E-state index contributed by atoms with van der Waals surface area (Å²) in [5.74, 6) is 2.58. The van der Waals surface area contributed by atoms with Crippen molar-refractivity contribution in [1.29, 1.82) is 0 Å². The van der Waals surface area contributed by atoms with Crippen LogP contribution in [0.5, 0.6) is 0 Å². The van der Waals surface area contributed by atoms with Crippen molar-refractivity contribution < 1.29 is 0 Å². The van der Waals surface area contributed by atoms with E-state index in [0.29, 0.717) is 32.5 Å². The van der Waals surface area contributed by atoms with Crippen molar-refractivity contribution in [2.24, 2.45) is 50.2 Å². The van der Waals surface area contributed by atoms with E-state index < -0.39 is 0 Å². The minimum atomic E-state index is 0.337. The van der Waals surface area contributed by atoms with E-state index in [2.05, 4.69) is 75.3 Å². The molecule has 6 atom stereocenters. The molecule has 0 aromatic rings. The Bertz CT molecular complexity index is 878. The Morgan fingerprint density at radius 2 is 1.41 bits per heavy atom. The average molecular weight is 437 g/mol. The van der Waals surface area contributed by atoms with E-state index in [-0.39, 0.29) is 0 Å². The van der Waals surface area contributed by atoms with E-state index in [0.717, 1.165) is 17.8 Å². The van der Waals surface area contributed by atoms with Gasteiger partial charge in [-0.1, -0.05) is 85.1 Å². The van der Waals surface area contributed by atoms with Crippen LogP contribution in [0.4, 0.5) is 0 Å². The van der Waals surface area contributed by atoms with Crippen LogP contribution in [0.25, 0.3) is 0 Å². The van der Waals surface area contributed by atoms with Crippen LogP contribution in [-0.2, 0) is 0 Å². The number of hydrogen-bond donors (Lipinski definition) is 0. The molecule has 5 rings (SSSR count). The third kappa shape index (κ3) is 2.57. The highest BCUT2D eigenvalue weighted by atomic mass is 14.7. The second-order valence-corrected chi connectivity index (χ2v) is 15.4. The number of hydrogen-bond acceptors (Lipinski definition) is 0. The van der Waals surface area contributed by atoms with Gasteiger partial charge in [-0.2, -0.15) is 0 Å². The minimum Gasteiger partial charge on any atom is -0.0845 e. The summed E-state index contributed by atoms with van der Waals surface area (Å²) in [5.41, 5.74) is 7.99. The first-order chi connectivity index (χ1) is 14.6. The molecule has 5 aliphatic carbocycles. The van der Waals surface area contributed by atoms with Crippen LogP contribution >= 0.6 is 0 Å². The molecule has 0 heteroatoms. The standard InChI is InChI=1S/C32H52/c1-21-13-18-30(8)24(28(21,4)5)16-20-32(10)25(30)12-11-23-26-22(15-19-31(23,32)9)14-17-27(2,3)29(26,6)7/h13,22,24-25H,11-12,14-20H2,1-10H3. The van der Waals surface area contributed by atoms with E-state index in [1.807, 2.05) is 11.1 Å². The van der Waals surface area contributed by atoms with E-state index in [1.54, 1.807) is 5.57 Å². The highest BCUT2D eigenvalue weighted by Gasteiger charge is 2.66. The molecule has 3 saturated carbocycles. The van der Waals surface area contributed by atoms with Crippen LogP contribution in [0, 0.1) is 50.2 Å². The van der Waals surface area contributed by atoms with Gasteiger partial charge in [-0.25, -0.2) is 0 Å². The lowest BCUT2D eigenvalue weighted by Gasteiger charge is -2.70. The summed E-state index contributed by atoms with van der Waals surface area (Å²) < 4.78 is 0. The van der Waals surface area contributed by atoms with Crippen LogP contribution in [-0.4, -0.2) is 0 Å². The summed E-state index contributed by atoms with van der Waals surface area (Å²) in [6.07, 6.45) is 15.4. The molecule has 0 spiro atoms. The number of allylic oxidation sites excluding steroid dienone is 4. The fourth-order valence-corrected chi connectivity index (χ4v) is 10.6. The van der Waals surface area contributed by atoms with Crippen LogP contribution in [0.2, 0.25) is 0 Å². The predicted molar refractivity (Wildman–Crippen MR) is 138 cm³/mol. The van der Waals surface area contributed by atoms with Gasteiger partial charge in [0.05, 0.1) is 0 Å². The zero-order valence-corrected chi connectivity index (χ0v) is 23.2. The van der Waals surface area contributed by atoms with Gasteiger partial charge in [0, 0.05) is 0 Å². The van der Waals surface area contributed by atoms with Crippen molar-refractivity contribution in [2.45, 2.75) is 127 Å². The summed E-state index contributed by atoms with van der Waals surface area (Å²) in [4.78, 5) is 0. The van der Waals surface area contributed by atoms with Gasteiger partial charge in [0.25, 0.3) is 0 Å². The van der Waals surface area contributed by atoms with Crippen LogP contribution in [0.3, 0.4) is 0 Å².